The first kappa shape index (κ1) is 22.8. The standard InChI is InChI=1S/C56H37N/c1-2-12-42-35-43(22-21-38(42)11-1)39-23-29-46(30-24-39)57(47-31-25-40(26-32-47)55-36-44-13-3-5-15-49(44)51-17-7-9-19-53(51)55)48-33-27-41(28-34-48)56-37-45-14-4-6-16-50(45)52-18-8-10-20-54(52)56/h1-37H/i23D,24D,25D,26D,27D,28D,29D,30D,31D,32D,33D,34D. The van der Waals surface area contributed by atoms with E-state index in [9.17, 15) is 16.4 Å². The van der Waals surface area contributed by atoms with Crippen LogP contribution in [0.2, 0.25) is 0 Å². The lowest BCUT2D eigenvalue weighted by molar-refractivity contribution is 1.28. The van der Waals surface area contributed by atoms with Crippen molar-refractivity contribution in [3.63, 3.8) is 0 Å². The number of nitrogens with zero attached hydrogens (tertiary/aromatic N) is 1. The highest BCUT2D eigenvalue weighted by molar-refractivity contribution is 6.15. The van der Waals surface area contributed by atoms with Crippen molar-refractivity contribution in [2.75, 3.05) is 4.90 Å². The average molecular weight is 736 g/mol. The van der Waals surface area contributed by atoms with Crippen LogP contribution in [0.5, 0.6) is 0 Å². The lowest BCUT2D eigenvalue weighted by Gasteiger charge is -2.26. The molecule has 0 aliphatic heterocycles. The minimum atomic E-state index is -0.667. The smallest absolute Gasteiger partial charge is 0.0645 e. The van der Waals surface area contributed by atoms with Gasteiger partial charge in [-0.05, 0) is 142 Å². The first-order chi connectivity index (χ1) is 33.3. The highest BCUT2D eigenvalue weighted by Gasteiger charge is 2.16. The fourth-order valence-electron chi connectivity index (χ4n) is 7.87. The van der Waals surface area contributed by atoms with Gasteiger partial charge in [-0.25, -0.2) is 0 Å². The number of anilines is 3. The van der Waals surface area contributed by atoms with E-state index in [0.717, 1.165) is 48.0 Å². The molecule has 0 saturated carbocycles. The summed E-state index contributed by atoms with van der Waals surface area (Å²) in [5, 5.41) is 8.12. The average Bonchev–Trinajstić information content (AvgIpc) is 3.37. The van der Waals surface area contributed by atoms with Crippen molar-refractivity contribution in [2.45, 2.75) is 0 Å². The van der Waals surface area contributed by atoms with Crippen LogP contribution >= 0.6 is 0 Å². The normalized spacial score (nSPS) is 14.5. The molecule has 1 nitrogen and oxygen atoms in total. The van der Waals surface area contributed by atoms with Crippen molar-refractivity contribution >= 4 is 70.9 Å². The zero-order chi connectivity index (χ0) is 48.2. The molecule has 0 spiro atoms. The van der Waals surface area contributed by atoms with Crippen LogP contribution in [0.25, 0.3) is 87.2 Å². The van der Waals surface area contributed by atoms with E-state index in [1.54, 1.807) is 12.1 Å². The maximum atomic E-state index is 9.75. The third-order valence-corrected chi connectivity index (χ3v) is 10.6. The summed E-state index contributed by atoms with van der Waals surface area (Å²) < 4.78 is 116. The van der Waals surface area contributed by atoms with E-state index in [2.05, 4.69) is 0 Å². The Morgan fingerprint density at radius 3 is 1.11 bits per heavy atom. The van der Waals surface area contributed by atoms with E-state index in [4.69, 9.17) is 0 Å². The van der Waals surface area contributed by atoms with E-state index < -0.39 is 89.6 Å². The van der Waals surface area contributed by atoms with Crippen LogP contribution in [0.15, 0.2) is 224 Å². The third-order valence-electron chi connectivity index (χ3n) is 10.6. The van der Waals surface area contributed by atoms with Gasteiger partial charge in [-0.15, -0.1) is 0 Å². The van der Waals surface area contributed by atoms with Gasteiger partial charge in [0.25, 0.3) is 0 Å². The minimum absolute atomic E-state index is 0.0417. The molecule has 0 amide bonds. The summed E-state index contributed by atoms with van der Waals surface area (Å²) in [6.07, 6.45) is 0. The zero-order valence-electron chi connectivity index (χ0n) is 42.4. The number of rotatable bonds is 6. The summed E-state index contributed by atoms with van der Waals surface area (Å²) in [5.41, 5.74) is -0.652. The Hall–Kier alpha value is -7.48. The first-order valence-corrected chi connectivity index (χ1v) is 18.7. The number of benzene rings is 11. The summed E-state index contributed by atoms with van der Waals surface area (Å²) in [5.74, 6) is 0. The molecule has 57 heavy (non-hydrogen) atoms. The number of hydrogen-bond acceptors (Lipinski definition) is 1. The van der Waals surface area contributed by atoms with Crippen LogP contribution in [0.4, 0.5) is 17.1 Å². The molecule has 0 fully saturated rings. The monoisotopic (exact) mass is 735 g/mol. The molecule has 0 atom stereocenters. The molecule has 0 saturated heterocycles. The number of fused-ring (bicyclic) bond motifs is 7. The van der Waals surface area contributed by atoms with Crippen LogP contribution in [0.1, 0.15) is 16.4 Å². The SMILES string of the molecule is [2H]c1c([2H])c(N(c2c([2H])c([2H])c(-c3cc4ccccc4c4ccccc34)c([2H])c2[2H])c2c([2H])c([2H])c(-c3cc4ccccc4c4ccccc34)c([2H])c2[2H])c([2H])c([2H])c1-c1ccc2ccccc2c1. The maximum Gasteiger partial charge on any atom is 0.0645 e. The lowest BCUT2D eigenvalue weighted by atomic mass is 9.93. The summed E-state index contributed by atoms with van der Waals surface area (Å²) in [6.45, 7) is 0. The second-order valence-corrected chi connectivity index (χ2v) is 13.9. The molecule has 0 aliphatic rings. The Morgan fingerprint density at radius 1 is 0.263 bits per heavy atom. The molecule has 0 aliphatic carbocycles. The van der Waals surface area contributed by atoms with E-state index in [1.165, 1.54) is 0 Å². The van der Waals surface area contributed by atoms with Gasteiger partial charge in [0.05, 0.1) is 16.4 Å². The Kier molecular flexibility index (Phi) is 5.47. The second-order valence-electron chi connectivity index (χ2n) is 13.9. The van der Waals surface area contributed by atoms with Crippen LogP contribution < -0.4 is 4.90 Å². The zero-order valence-corrected chi connectivity index (χ0v) is 30.4. The van der Waals surface area contributed by atoms with E-state index >= 15 is 0 Å². The van der Waals surface area contributed by atoms with Crippen molar-refractivity contribution in [3.8, 4) is 33.4 Å². The van der Waals surface area contributed by atoms with Crippen molar-refractivity contribution in [2.24, 2.45) is 0 Å². The molecule has 0 bridgehead atoms. The minimum Gasteiger partial charge on any atom is -0.311 e. The topological polar surface area (TPSA) is 3.24 Å². The van der Waals surface area contributed by atoms with Gasteiger partial charge in [0.2, 0.25) is 0 Å². The molecule has 1 heteroatoms. The molecular weight excluding hydrogens is 687 g/mol. The van der Waals surface area contributed by atoms with Crippen molar-refractivity contribution in [1.82, 2.24) is 0 Å². The summed E-state index contributed by atoms with van der Waals surface area (Å²) in [7, 11) is 0. The van der Waals surface area contributed by atoms with Gasteiger partial charge in [0.15, 0.2) is 0 Å². The third kappa shape index (κ3) is 5.80. The van der Waals surface area contributed by atoms with Crippen LogP contribution in [-0.4, -0.2) is 0 Å². The predicted molar refractivity (Wildman–Crippen MR) is 245 cm³/mol. The molecular formula is C56H37N. The summed E-state index contributed by atoms with van der Waals surface area (Å²) in [4.78, 5) is 0.872. The van der Waals surface area contributed by atoms with Gasteiger partial charge >= 0.3 is 0 Å². The molecule has 0 heterocycles. The van der Waals surface area contributed by atoms with Gasteiger partial charge in [-0.2, -0.15) is 0 Å². The Labute approximate surface area is 349 Å². The van der Waals surface area contributed by atoms with Crippen molar-refractivity contribution < 1.29 is 16.4 Å². The van der Waals surface area contributed by atoms with Crippen LogP contribution in [-0.2, 0) is 0 Å². The largest absolute Gasteiger partial charge is 0.311 e. The summed E-state index contributed by atoms with van der Waals surface area (Å²) >= 11 is 0. The predicted octanol–water partition coefficient (Wildman–Crippen LogP) is 15.9. The summed E-state index contributed by atoms with van der Waals surface area (Å²) in [6, 6.07) is 39.6. The second kappa shape index (κ2) is 13.7. The maximum absolute atomic E-state index is 9.75. The molecule has 0 unspecified atom stereocenters. The van der Waals surface area contributed by atoms with Crippen molar-refractivity contribution in [3.05, 3.63) is 224 Å². The van der Waals surface area contributed by atoms with Crippen molar-refractivity contribution in [1.29, 1.82) is 0 Å². The van der Waals surface area contributed by atoms with E-state index in [0.29, 0.717) is 27.5 Å². The Bertz CT molecular complexity index is 3740. The molecule has 11 aromatic rings. The molecule has 11 aromatic carbocycles. The van der Waals surface area contributed by atoms with Gasteiger partial charge in [-0.1, -0.05) is 170 Å². The lowest BCUT2D eigenvalue weighted by Crippen LogP contribution is -2.09. The Balaban J connectivity index is 1.22. The van der Waals surface area contributed by atoms with Gasteiger partial charge < -0.3 is 4.90 Å². The van der Waals surface area contributed by atoms with E-state index in [-0.39, 0.29) is 16.7 Å². The van der Waals surface area contributed by atoms with E-state index in [1.807, 2.05) is 140 Å². The quantitative estimate of drug-likeness (QED) is 0.154. The van der Waals surface area contributed by atoms with Gasteiger partial charge in [0, 0.05) is 17.1 Å². The Morgan fingerprint density at radius 2 is 0.632 bits per heavy atom. The van der Waals surface area contributed by atoms with Crippen LogP contribution in [0.3, 0.4) is 0 Å². The fourth-order valence-corrected chi connectivity index (χ4v) is 7.87. The van der Waals surface area contributed by atoms with Crippen LogP contribution in [0, 0.1) is 0 Å². The number of hydrogen-bond donors (Lipinski definition) is 0. The molecule has 0 aromatic heterocycles. The fraction of sp³-hybridized carbons (Fsp3) is 0. The molecule has 11 rings (SSSR count). The highest BCUT2D eigenvalue weighted by Crippen LogP contribution is 2.41. The first-order valence-electron chi connectivity index (χ1n) is 24.7. The molecule has 0 N–H and O–H groups in total. The molecule has 0 radical (unpaired) electrons. The molecule has 266 valence electrons. The van der Waals surface area contributed by atoms with Gasteiger partial charge in [-0.3, -0.25) is 0 Å². The highest BCUT2D eigenvalue weighted by atomic mass is 15.1. The van der Waals surface area contributed by atoms with Gasteiger partial charge in [0.1, 0.15) is 0 Å².